The second kappa shape index (κ2) is 10.2. The highest BCUT2D eigenvalue weighted by Gasteiger charge is 2.28. The molecule has 162 valence electrons. The lowest BCUT2D eigenvalue weighted by Crippen LogP contribution is -2.30. The van der Waals surface area contributed by atoms with Crippen molar-refractivity contribution < 1.29 is 13.9 Å². The van der Waals surface area contributed by atoms with Crippen LogP contribution in [-0.2, 0) is 12.8 Å². The summed E-state index contributed by atoms with van der Waals surface area (Å²) in [4.78, 5) is 3.25. The molecule has 0 fully saturated rings. The largest absolute Gasteiger partial charge is 0.496 e. The number of methoxy groups -OCH3 is 1. The number of hydrogen-bond acceptors (Lipinski definition) is 3. The Morgan fingerprint density at radius 3 is 2.93 bits per heavy atom. The van der Waals surface area contributed by atoms with Gasteiger partial charge in [0.05, 0.1) is 13.7 Å². The van der Waals surface area contributed by atoms with Gasteiger partial charge in [-0.2, -0.15) is 0 Å². The second-order valence-electron chi connectivity index (χ2n) is 7.95. The smallest absolute Gasteiger partial charge is 0.126 e. The van der Waals surface area contributed by atoms with Crippen molar-refractivity contribution >= 4 is 23.3 Å². The van der Waals surface area contributed by atoms with Crippen molar-refractivity contribution in [1.29, 1.82) is 0 Å². The van der Waals surface area contributed by atoms with Gasteiger partial charge >= 0.3 is 0 Å². The lowest BCUT2D eigenvalue weighted by molar-refractivity contribution is 0.155. The number of rotatable bonds is 8. The van der Waals surface area contributed by atoms with E-state index >= 15 is 0 Å². The molecule has 0 radical (unpaired) electrons. The van der Waals surface area contributed by atoms with Crippen LogP contribution in [0.2, 0.25) is 0 Å². The summed E-state index contributed by atoms with van der Waals surface area (Å²) in [6, 6.07) is 10.9. The summed E-state index contributed by atoms with van der Waals surface area (Å²) in [6.45, 7) is 1.40. The highest BCUT2D eigenvalue weighted by Crippen LogP contribution is 2.38. The summed E-state index contributed by atoms with van der Waals surface area (Å²) < 4.78 is 25.2. The molecule has 0 saturated carbocycles. The van der Waals surface area contributed by atoms with Crippen LogP contribution < -0.4 is 15.2 Å². The minimum atomic E-state index is -0.189. The van der Waals surface area contributed by atoms with Crippen LogP contribution in [-0.4, -0.2) is 25.2 Å². The summed E-state index contributed by atoms with van der Waals surface area (Å²) in [7, 11) is 1.71. The standard InChI is InChI=1S/C24H29FN2O2.ClH/c1-28-23-6-3-7-24-21(23)12-18(15-29-24)16(10-11-26)4-2-5-17-14-27-22-9-8-19(25)13-20(17)22;/h3,6-9,13-14,16,18,27H,2,4-5,10-12,15,26H2,1H3;1H/t16?,18-;/m0./s1. The molecule has 4 rings (SSSR count). The first kappa shape index (κ1) is 22.4. The molecule has 2 aromatic carbocycles. The molecule has 6 heteroatoms. The maximum atomic E-state index is 13.6. The molecule has 1 aliphatic heterocycles. The molecular formula is C24H30ClFN2O2. The zero-order valence-electron chi connectivity index (χ0n) is 17.3. The van der Waals surface area contributed by atoms with E-state index in [0.717, 1.165) is 61.1 Å². The lowest BCUT2D eigenvalue weighted by Gasteiger charge is -2.32. The maximum Gasteiger partial charge on any atom is 0.126 e. The van der Waals surface area contributed by atoms with Crippen molar-refractivity contribution in [2.45, 2.75) is 32.1 Å². The molecule has 0 saturated heterocycles. The van der Waals surface area contributed by atoms with E-state index in [2.05, 4.69) is 4.98 Å². The van der Waals surface area contributed by atoms with E-state index in [9.17, 15) is 4.39 Å². The van der Waals surface area contributed by atoms with Gasteiger partial charge in [0.2, 0.25) is 0 Å². The summed E-state index contributed by atoms with van der Waals surface area (Å²) in [6.07, 6.45) is 7.01. The third kappa shape index (κ3) is 4.73. The fraction of sp³-hybridized carbons (Fsp3) is 0.417. The molecule has 1 aromatic heterocycles. The monoisotopic (exact) mass is 432 g/mol. The molecule has 30 heavy (non-hydrogen) atoms. The highest BCUT2D eigenvalue weighted by molar-refractivity contribution is 5.85. The van der Waals surface area contributed by atoms with Crippen LogP contribution in [0.3, 0.4) is 0 Å². The number of aromatic nitrogens is 1. The zero-order chi connectivity index (χ0) is 20.2. The Labute approximate surface area is 183 Å². The van der Waals surface area contributed by atoms with Crippen molar-refractivity contribution in [2.24, 2.45) is 17.6 Å². The van der Waals surface area contributed by atoms with Gasteiger partial charge in [-0.05, 0) is 80.5 Å². The van der Waals surface area contributed by atoms with Crippen LogP contribution >= 0.6 is 12.4 Å². The zero-order valence-corrected chi connectivity index (χ0v) is 18.1. The average Bonchev–Trinajstić information content (AvgIpc) is 3.14. The summed E-state index contributed by atoms with van der Waals surface area (Å²) in [5.74, 6) is 2.58. The molecule has 0 spiro atoms. The van der Waals surface area contributed by atoms with E-state index in [-0.39, 0.29) is 18.2 Å². The Morgan fingerprint density at radius 2 is 2.13 bits per heavy atom. The minimum absolute atomic E-state index is 0. The Kier molecular flexibility index (Phi) is 7.62. The van der Waals surface area contributed by atoms with Gasteiger partial charge in [-0.3, -0.25) is 0 Å². The second-order valence-corrected chi connectivity index (χ2v) is 7.95. The topological polar surface area (TPSA) is 60.3 Å². The first-order chi connectivity index (χ1) is 14.2. The number of hydrogen-bond donors (Lipinski definition) is 2. The third-order valence-electron chi connectivity index (χ3n) is 6.18. The fourth-order valence-electron chi connectivity index (χ4n) is 4.64. The molecule has 0 bridgehead atoms. The van der Waals surface area contributed by atoms with Gasteiger partial charge in [0.1, 0.15) is 17.3 Å². The van der Waals surface area contributed by atoms with Crippen LogP contribution in [0, 0.1) is 17.7 Å². The van der Waals surface area contributed by atoms with Crippen molar-refractivity contribution in [3.63, 3.8) is 0 Å². The third-order valence-corrected chi connectivity index (χ3v) is 6.18. The molecular weight excluding hydrogens is 403 g/mol. The lowest BCUT2D eigenvalue weighted by atomic mass is 9.80. The number of nitrogens with one attached hydrogen (secondary N) is 1. The number of fused-ring (bicyclic) bond motifs is 2. The predicted molar refractivity (Wildman–Crippen MR) is 121 cm³/mol. The Morgan fingerprint density at radius 1 is 1.27 bits per heavy atom. The van der Waals surface area contributed by atoms with E-state index in [0.29, 0.717) is 18.4 Å². The number of aryl methyl sites for hydroxylation is 1. The van der Waals surface area contributed by atoms with E-state index in [4.69, 9.17) is 15.2 Å². The number of H-pyrrole nitrogens is 1. The van der Waals surface area contributed by atoms with Gasteiger partial charge in [-0.15, -0.1) is 12.4 Å². The summed E-state index contributed by atoms with van der Waals surface area (Å²) in [5, 5.41) is 0.986. The number of halogens is 2. The molecule has 4 nitrogen and oxygen atoms in total. The summed E-state index contributed by atoms with van der Waals surface area (Å²) >= 11 is 0. The van der Waals surface area contributed by atoms with Gasteiger partial charge in [0.25, 0.3) is 0 Å². The van der Waals surface area contributed by atoms with Crippen LogP contribution in [0.5, 0.6) is 11.5 Å². The van der Waals surface area contributed by atoms with Crippen LogP contribution in [0.15, 0.2) is 42.6 Å². The van der Waals surface area contributed by atoms with Crippen molar-refractivity contribution in [3.8, 4) is 11.5 Å². The Hall–Kier alpha value is -2.24. The van der Waals surface area contributed by atoms with E-state index in [1.165, 1.54) is 17.2 Å². The maximum absolute atomic E-state index is 13.6. The van der Waals surface area contributed by atoms with Crippen molar-refractivity contribution in [1.82, 2.24) is 4.98 Å². The first-order valence-corrected chi connectivity index (χ1v) is 10.4. The summed E-state index contributed by atoms with van der Waals surface area (Å²) in [5.41, 5.74) is 9.27. The first-order valence-electron chi connectivity index (χ1n) is 10.4. The molecule has 2 heterocycles. The van der Waals surface area contributed by atoms with Crippen LogP contribution in [0.4, 0.5) is 4.39 Å². The fourth-order valence-corrected chi connectivity index (χ4v) is 4.64. The predicted octanol–water partition coefficient (Wildman–Crippen LogP) is 5.28. The van der Waals surface area contributed by atoms with Gasteiger partial charge in [-0.25, -0.2) is 4.39 Å². The normalized spacial score (nSPS) is 16.4. The van der Waals surface area contributed by atoms with Gasteiger partial charge < -0.3 is 20.2 Å². The minimum Gasteiger partial charge on any atom is -0.496 e. The van der Waals surface area contributed by atoms with E-state index in [1.807, 2.05) is 24.4 Å². The molecule has 1 aliphatic rings. The Bertz CT molecular complexity index is 961. The van der Waals surface area contributed by atoms with Crippen LogP contribution in [0.1, 0.15) is 30.4 Å². The van der Waals surface area contributed by atoms with Crippen molar-refractivity contribution in [3.05, 3.63) is 59.5 Å². The highest BCUT2D eigenvalue weighted by atomic mass is 35.5. The number of nitrogens with two attached hydrogens (primary N) is 1. The Balaban J connectivity index is 0.00000256. The molecule has 1 unspecified atom stereocenters. The molecule has 0 amide bonds. The van der Waals surface area contributed by atoms with Gasteiger partial charge in [-0.1, -0.05) is 6.07 Å². The van der Waals surface area contributed by atoms with Crippen LogP contribution in [0.25, 0.3) is 10.9 Å². The number of aromatic amines is 1. The number of benzene rings is 2. The molecule has 0 aliphatic carbocycles. The van der Waals surface area contributed by atoms with E-state index < -0.39 is 0 Å². The SMILES string of the molecule is COc1cccc2c1C[C@H](C(CCN)CCCc1c[nH]c3ccc(F)cc13)CO2.Cl. The quantitative estimate of drug-likeness (QED) is 0.509. The average molecular weight is 433 g/mol. The number of ether oxygens (including phenoxy) is 2. The molecule has 3 N–H and O–H groups in total. The van der Waals surface area contributed by atoms with Gasteiger partial charge in [0, 0.05) is 28.6 Å². The van der Waals surface area contributed by atoms with Crippen molar-refractivity contribution in [2.75, 3.05) is 20.3 Å². The van der Waals surface area contributed by atoms with Gasteiger partial charge in [0.15, 0.2) is 0 Å². The molecule has 2 atom stereocenters. The van der Waals surface area contributed by atoms with E-state index in [1.54, 1.807) is 19.2 Å². The molecule has 3 aromatic rings.